The summed E-state index contributed by atoms with van der Waals surface area (Å²) in [5.41, 5.74) is 7.69. The molecule has 0 aliphatic heterocycles. The smallest absolute Gasteiger partial charge is 0.00142 e. The first-order valence-electron chi connectivity index (χ1n) is 18.5. The number of fused-ring (bicyclic) bond motifs is 3. The van der Waals surface area contributed by atoms with Gasteiger partial charge in [-0.1, -0.05) is 138 Å². The summed E-state index contributed by atoms with van der Waals surface area (Å²) in [5, 5.41) is 0. The highest BCUT2D eigenvalue weighted by Gasteiger charge is 2.71. The van der Waals surface area contributed by atoms with Gasteiger partial charge < -0.3 is 0 Å². The second-order valence-electron chi connectivity index (χ2n) is 18.4. The Morgan fingerprint density at radius 1 is 0.810 bits per heavy atom. The normalized spacial score (nSPS) is 55.9. The van der Waals surface area contributed by atoms with Crippen molar-refractivity contribution >= 4 is 0 Å². The Morgan fingerprint density at radius 3 is 2.00 bits per heavy atom. The lowest BCUT2D eigenvalue weighted by Gasteiger charge is -2.75. The first-order valence-corrected chi connectivity index (χ1v) is 18.5. The molecule has 0 N–H and O–H groups in total. The summed E-state index contributed by atoms with van der Waals surface area (Å²) in [6.07, 6.45) is 8.49. The zero-order chi connectivity index (χ0) is 31.4. The van der Waals surface area contributed by atoms with Crippen LogP contribution in [0.15, 0.2) is 34.9 Å². The quantitative estimate of drug-likeness (QED) is 0.288. The molecular formula is C42H70. The molecule has 0 aromatic heterocycles. The van der Waals surface area contributed by atoms with Crippen LogP contribution in [0.2, 0.25) is 0 Å². The molecule has 0 radical (unpaired) electrons. The monoisotopic (exact) mass is 575 g/mol. The van der Waals surface area contributed by atoms with Crippen LogP contribution in [0.1, 0.15) is 130 Å². The molecule has 238 valence electrons. The second kappa shape index (κ2) is 10.6. The fourth-order valence-corrected chi connectivity index (χ4v) is 14.2. The minimum Gasteiger partial charge on any atom is -0.0992 e. The summed E-state index contributed by atoms with van der Waals surface area (Å²) in [6, 6.07) is 0. The molecule has 4 fully saturated rings. The topological polar surface area (TPSA) is 0 Å². The molecule has 0 aromatic rings. The number of hydrogen-bond acceptors (Lipinski definition) is 0. The largest absolute Gasteiger partial charge is 0.0992 e. The van der Waals surface area contributed by atoms with Gasteiger partial charge in [-0.3, -0.25) is 0 Å². The van der Waals surface area contributed by atoms with E-state index >= 15 is 0 Å². The number of allylic oxidation sites excluding steroid dienone is 5. The predicted octanol–water partition coefficient (Wildman–Crippen LogP) is 12.3. The maximum Gasteiger partial charge on any atom is -0.00142 e. The van der Waals surface area contributed by atoms with E-state index in [1.165, 1.54) is 25.7 Å². The average Bonchev–Trinajstić information content (AvgIpc) is 2.91. The van der Waals surface area contributed by atoms with Crippen molar-refractivity contribution in [2.45, 2.75) is 130 Å². The third kappa shape index (κ3) is 4.03. The lowest BCUT2D eigenvalue weighted by atomic mass is 9.29. The summed E-state index contributed by atoms with van der Waals surface area (Å²) in [6.45, 7) is 44.2. The predicted molar refractivity (Wildman–Crippen MR) is 184 cm³/mol. The SMILES string of the molecule is C=C1C2C(C)CCCC2C(=CC2C(C)C(C)=C(C)C(C)C2C)C2(C)C1C(C)C1(C)C(C)C(C(C)C)C(C)CC1(C)C2C. The van der Waals surface area contributed by atoms with Crippen LogP contribution in [0.3, 0.4) is 0 Å². The first-order chi connectivity index (χ1) is 19.4. The van der Waals surface area contributed by atoms with Gasteiger partial charge in [-0.15, -0.1) is 0 Å². The molecule has 0 amide bonds. The Hall–Kier alpha value is -0.780. The summed E-state index contributed by atoms with van der Waals surface area (Å²) >= 11 is 0. The number of hydrogen-bond donors (Lipinski definition) is 0. The third-order valence-corrected chi connectivity index (χ3v) is 17.3. The van der Waals surface area contributed by atoms with Gasteiger partial charge in [-0.25, -0.2) is 0 Å². The van der Waals surface area contributed by atoms with Crippen LogP contribution in [-0.4, -0.2) is 0 Å². The van der Waals surface area contributed by atoms with Gasteiger partial charge in [0.1, 0.15) is 0 Å². The molecule has 16 unspecified atom stereocenters. The summed E-state index contributed by atoms with van der Waals surface area (Å²) < 4.78 is 0. The molecule has 5 aliphatic carbocycles. The lowest BCUT2D eigenvalue weighted by Crippen LogP contribution is -2.69. The van der Waals surface area contributed by atoms with E-state index in [1.807, 2.05) is 5.57 Å². The van der Waals surface area contributed by atoms with Crippen molar-refractivity contribution in [3.05, 3.63) is 34.9 Å². The van der Waals surface area contributed by atoms with Crippen molar-refractivity contribution in [2.75, 3.05) is 0 Å². The molecule has 42 heavy (non-hydrogen) atoms. The van der Waals surface area contributed by atoms with E-state index in [1.54, 1.807) is 16.7 Å². The van der Waals surface area contributed by atoms with E-state index in [0.29, 0.717) is 64.1 Å². The lowest BCUT2D eigenvalue weighted by molar-refractivity contribution is -0.236. The summed E-state index contributed by atoms with van der Waals surface area (Å²) in [7, 11) is 0. The molecule has 5 rings (SSSR count). The Kier molecular flexibility index (Phi) is 8.27. The highest BCUT2D eigenvalue weighted by Crippen LogP contribution is 2.78. The van der Waals surface area contributed by atoms with Crippen LogP contribution < -0.4 is 0 Å². The Morgan fingerprint density at radius 2 is 1.40 bits per heavy atom. The zero-order valence-corrected chi connectivity index (χ0v) is 30.7. The van der Waals surface area contributed by atoms with E-state index in [4.69, 9.17) is 6.58 Å². The van der Waals surface area contributed by atoms with Crippen LogP contribution in [0, 0.1) is 99.1 Å². The van der Waals surface area contributed by atoms with Crippen molar-refractivity contribution in [1.29, 1.82) is 0 Å². The molecule has 16 atom stereocenters. The molecule has 0 saturated heterocycles. The van der Waals surface area contributed by atoms with Crippen molar-refractivity contribution in [3.8, 4) is 0 Å². The maximum absolute atomic E-state index is 5.16. The summed E-state index contributed by atoms with van der Waals surface area (Å²) in [4.78, 5) is 0. The van der Waals surface area contributed by atoms with E-state index in [2.05, 4.69) is 110 Å². The second-order valence-corrected chi connectivity index (χ2v) is 18.4. The Balaban J connectivity index is 1.74. The van der Waals surface area contributed by atoms with Gasteiger partial charge in [0.2, 0.25) is 0 Å². The molecule has 4 saturated carbocycles. The number of rotatable bonds is 2. The van der Waals surface area contributed by atoms with Crippen LogP contribution >= 0.6 is 0 Å². The van der Waals surface area contributed by atoms with Gasteiger partial charge >= 0.3 is 0 Å². The van der Waals surface area contributed by atoms with Crippen molar-refractivity contribution < 1.29 is 0 Å². The van der Waals surface area contributed by atoms with Crippen molar-refractivity contribution in [2.24, 2.45) is 99.1 Å². The van der Waals surface area contributed by atoms with Gasteiger partial charge in [0.15, 0.2) is 0 Å². The fraction of sp³-hybridized carbons (Fsp3) is 0.857. The first kappa shape index (κ1) is 32.6. The standard InChI is InChI=1S/C42H70/c1-22(2)37-24(4)21-40(14)33(13)41(15)36(20-35-28(8)26(6)25(5)27(7)29(35)9)34-19-17-18-23(3)38(34)30(10)39(41)32(12)42(40,16)31(37)11/h20,22-24,26,28-29,31-35,37-39H,10,17-19,21H2,1-9,11-16H3. The van der Waals surface area contributed by atoms with Crippen molar-refractivity contribution in [3.63, 3.8) is 0 Å². The highest BCUT2D eigenvalue weighted by atomic mass is 14.8. The van der Waals surface area contributed by atoms with E-state index in [-0.39, 0.29) is 5.41 Å². The third-order valence-electron chi connectivity index (χ3n) is 17.3. The van der Waals surface area contributed by atoms with Crippen molar-refractivity contribution in [1.82, 2.24) is 0 Å². The van der Waals surface area contributed by atoms with Gasteiger partial charge in [0, 0.05) is 0 Å². The molecular weight excluding hydrogens is 504 g/mol. The van der Waals surface area contributed by atoms with E-state index in [0.717, 1.165) is 29.6 Å². The van der Waals surface area contributed by atoms with E-state index < -0.39 is 0 Å². The van der Waals surface area contributed by atoms with Gasteiger partial charge in [-0.2, -0.15) is 0 Å². The molecule has 0 spiro atoms. The van der Waals surface area contributed by atoms with Gasteiger partial charge in [-0.05, 0) is 126 Å². The molecule has 0 nitrogen and oxygen atoms in total. The molecule has 0 aromatic carbocycles. The summed E-state index contributed by atoms with van der Waals surface area (Å²) in [5.74, 6) is 9.66. The Labute approximate surface area is 263 Å². The zero-order valence-electron chi connectivity index (χ0n) is 30.7. The Bertz CT molecular complexity index is 1130. The van der Waals surface area contributed by atoms with E-state index in [9.17, 15) is 0 Å². The molecule has 0 heteroatoms. The molecule has 0 heterocycles. The minimum absolute atomic E-state index is 0.180. The minimum atomic E-state index is 0.180. The average molecular weight is 575 g/mol. The fourth-order valence-electron chi connectivity index (χ4n) is 14.2. The maximum atomic E-state index is 5.16. The van der Waals surface area contributed by atoms with Crippen LogP contribution in [0.4, 0.5) is 0 Å². The van der Waals surface area contributed by atoms with Crippen LogP contribution in [-0.2, 0) is 0 Å². The van der Waals surface area contributed by atoms with Crippen LogP contribution in [0.5, 0.6) is 0 Å². The highest BCUT2D eigenvalue weighted by molar-refractivity contribution is 5.40. The van der Waals surface area contributed by atoms with Gasteiger partial charge in [0.05, 0.1) is 0 Å². The molecule has 5 aliphatic rings. The van der Waals surface area contributed by atoms with Gasteiger partial charge in [0.25, 0.3) is 0 Å². The van der Waals surface area contributed by atoms with Crippen LogP contribution in [0.25, 0.3) is 0 Å². The molecule has 0 bridgehead atoms.